The SMILES string of the molecule is [2H]/C(=C/CCCCCCCCCCCC)CC/C([2H])=C\CCCCCCCCCCCCC1=C[C@H](C)OC1=O. The van der Waals surface area contributed by atoms with Gasteiger partial charge >= 0.3 is 5.97 Å². The molecule has 37 heavy (non-hydrogen) atoms. The Morgan fingerprint density at radius 1 is 0.649 bits per heavy atom. The van der Waals surface area contributed by atoms with Crippen molar-refractivity contribution in [3.63, 3.8) is 0 Å². The monoisotopic (exact) mass is 516 g/mol. The van der Waals surface area contributed by atoms with E-state index in [1.807, 2.05) is 13.0 Å². The zero-order chi connectivity index (χ0) is 28.4. The molecule has 0 aliphatic carbocycles. The number of esters is 1. The second-order valence-electron chi connectivity index (χ2n) is 11.2. The molecule has 0 saturated heterocycles. The number of cyclic esters (lactones) is 1. The van der Waals surface area contributed by atoms with Crippen LogP contribution in [0.5, 0.6) is 0 Å². The maximum absolute atomic E-state index is 11.6. The van der Waals surface area contributed by atoms with Crippen molar-refractivity contribution in [1.82, 2.24) is 0 Å². The lowest BCUT2D eigenvalue weighted by Gasteiger charge is -2.03. The molecule has 1 heterocycles. The van der Waals surface area contributed by atoms with Crippen LogP contribution in [0, 0.1) is 0 Å². The van der Waals surface area contributed by atoms with E-state index in [-0.39, 0.29) is 12.1 Å². The van der Waals surface area contributed by atoms with Crippen molar-refractivity contribution < 1.29 is 12.3 Å². The van der Waals surface area contributed by atoms with E-state index < -0.39 is 0 Å². The predicted molar refractivity (Wildman–Crippen MR) is 163 cm³/mol. The quantitative estimate of drug-likeness (QED) is 0.0616. The van der Waals surface area contributed by atoms with Gasteiger partial charge in [-0.05, 0) is 64.4 Å². The van der Waals surface area contributed by atoms with Crippen LogP contribution < -0.4 is 0 Å². The average Bonchev–Trinajstić information content (AvgIpc) is 3.24. The van der Waals surface area contributed by atoms with Crippen molar-refractivity contribution >= 4 is 5.97 Å². The summed E-state index contributed by atoms with van der Waals surface area (Å²) in [6, 6.07) is 1.43. The largest absolute Gasteiger partial charge is 0.455 e. The summed E-state index contributed by atoms with van der Waals surface area (Å²) in [5, 5.41) is 0. The molecule has 0 bridgehead atoms. The Morgan fingerprint density at radius 2 is 1.05 bits per heavy atom. The van der Waals surface area contributed by atoms with Gasteiger partial charge in [0.15, 0.2) is 0 Å². The molecule has 214 valence electrons. The summed E-state index contributed by atoms with van der Waals surface area (Å²) >= 11 is 0. The minimum absolute atomic E-state index is 0.0364. The second-order valence-corrected chi connectivity index (χ2v) is 11.2. The van der Waals surface area contributed by atoms with Crippen molar-refractivity contribution in [2.24, 2.45) is 0 Å². The van der Waals surface area contributed by atoms with Gasteiger partial charge in [-0.25, -0.2) is 4.79 Å². The number of hydrogen-bond acceptors (Lipinski definition) is 2. The molecule has 0 radical (unpaired) electrons. The Labute approximate surface area is 234 Å². The van der Waals surface area contributed by atoms with Gasteiger partial charge in [-0.15, -0.1) is 0 Å². The summed E-state index contributed by atoms with van der Waals surface area (Å²) in [5.74, 6) is -0.110. The molecule has 0 fully saturated rings. The van der Waals surface area contributed by atoms with Gasteiger partial charge in [-0.2, -0.15) is 0 Å². The standard InChI is InChI=1S/C35H62O2/c1-3-4-5-6-7-8-9-10-11-12-13-14-15-16-17-18-19-20-21-22-23-24-25-26-27-28-29-30-31-34-32-33(2)37-35(34)36/h14-15,18-19,32-33H,3-13,16-17,20-31H2,1-2H3/b15-14-,19-18-/t33-/m0/s1/i15D,18D. The third-order valence-electron chi connectivity index (χ3n) is 7.44. The molecule has 0 saturated carbocycles. The van der Waals surface area contributed by atoms with Gasteiger partial charge in [0.05, 0.1) is 2.74 Å². The highest BCUT2D eigenvalue weighted by Gasteiger charge is 2.21. The van der Waals surface area contributed by atoms with Crippen molar-refractivity contribution in [2.75, 3.05) is 0 Å². The lowest BCUT2D eigenvalue weighted by atomic mass is 10.0. The van der Waals surface area contributed by atoms with Gasteiger partial charge in [-0.3, -0.25) is 0 Å². The average molecular weight is 517 g/mol. The first-order chi connectivity index (χ1) is 19.0. The summed E-state index contributed by atoms with van der Waals surface area (Å²) in [4.78, 5) is 11.6. The Balaban J connectivity index is 1.85. The minimum Gasteiger partial charge on any atom is -0.455 e. The van der Waals surface area contributed by atoms with Crippen LogP contribution in [0.2, 0.25) is 0 Å². The molecule has 0 amide bonds. The zero-order valence-corrected chi connectivity index (χ0v) is 24.8. The smallest absolute Gasteiger partial charge is 0.334 e. The van der Waals surface area contributed by atoms with Crippen LogP contribution in [0.3, 0.4) is 0 Å². The van der Waals surface area contributed by atoms with Crippen LogP contribution in [0.25, 0.3) is 0 Å². The summed E-state index contributed by atoms with van der Waals surface area (Å²) in [7, 11) is 0. The topological polar surface area (TPSA) is 26.3 Å². The predicted octanol–water partition coefficient (Wildman–Crippen LogP) is 11.7. The van der Waals surface area contributed by atoms with E-state index in [0.717, 1.165) is 43.7 Å². The summed E-state index contributed by atoms with van der Waals surface area (Å²) in [6.07, 6.45) is 36.6. The molecule has 2 nitrogen and oxygen atoms in total. The van der Waals surface area contributed by atoms with Crippen molar-refractivity contribution in [1.29, 1.82) is 0 Å². The van der Waals surface area contributed by atoms with Crippen molar-refractivity contribution in [2.45, 2.75) is 180 Å². The molecule has 0 aromatic rings. The second kappa shape index (κ2) is 26.3. The van der Waals surface area contributed by atoms with Gasteiger partial charge < -0.3 is 4.74 Å². The summed E-state index contributed by atoms with van der Waals surface area (Å²) in [5.41, 5.74) is 0.877. The maximum atomic E-state index is 11.6. The normalized spacial score (nSPS) is 17.1. The van der Waals surface area contributed by atoms with Crippen LogP contribution >= 0.6 is 0 Å². The Kier molecular flexibility index (Phi) is 21.5. The molecule has 0 spiro atoms. The fourth-order valence-corrected chi connectivity index (χ4v) is 5.08. The van der Waals surface area contributed by atoms with Crippen LogP contribution in [-0.2, 0) is 9.53 Å². The molecular formula is C35H62O2. The first-order valence-corrected chi connectivity index (χ1v) is 16.3. The molecule has 0 N–H and O–H groups in total. The Morgan fingerprint density at radius 3 is 1.46 bits per heavy atom. The van der Waals surface area contributed by atoms with Crippen molar-refractivity contribution in [3.8, 4) is 0 Å². The van der Waals surface area contributed by atoms with Crippen LogP contribution in [0.4, 0.5) is 0 Å². The number of rotatable bonds is 27. The highest BCUT2D eigenvalue weighted by atomic mass is 16.5. The Bertz CT molecular complexity index is 695. The van der Waals surface area contributed by atoms with Gasteiger partial charge in [-0.1, -0.05) is 140 Å². The lowest BCUT2D eigenvalue weighted by molar-refractivity contribution is -0.139. The van der Waals surface area contributed by atoms with Gasteiger partial charge in [0, 0.05) is 5.57 Å². The summed E-state index contributed by atoms with van der Waals surface area (Å²) < 4.78 is 21.4. The first-order valence-electron chi connectivity index (χ1n) is 17.3. The van der Waals surface area contributed by atoms with Crippen molar-refractivity contribution in [3.05, 3.63) is 35.9 Å². The van der Waals surface area contributed by atoms with Crippen LogP contribution in [0.1, 0.15) is 177 Å². The number of hydrogen-bond donors (Lipinski definition) is 0. The van der Waals surface area contributed by atoms with E-state index >= 15 is 0 Å². The molecule has 0 unspecified atom stereocenters. The Hall–Kier alpha value is -1.31. The highest BCUT2D eigenvalue weighted by molar-refractivity contribution is 5.90. The third kappa shape index (κ3) is 22.4. The lowest BCUT2D eigenvalue weighted by Crippen LogP contribution is -2.03. The van der Waals surface area contributed by atoms with E-state index in [4.69, 9.17) is 7.48 Å². The number of unbranched alkanes of at least 4 members (excludes halogenated alkanes) is 20. The van der Waals surface area contributed by atoms with E-state index in [2.05, 4.69) is 19.1 Å². The number of carbonyl (C=O) groups is 1. The van der Waals surface area contributed by atoms with Crippen LogP contribution in [0.15, 0.2) is 35.9 Å². The molecule has 1 atom stereocenters. The molecule has 1 rings (SSSR count). The molecule has 0 aromatic heterocycles. The van der Waals surface area contributed by atoms with E-state index in [0.29, 0.717) is 12.5 Å². The highest BCUT2D eigenvalue weighted by Crippen LogP contribution is 2.20. The number of ether oxygens (including phenoxy) is 1. The minimum atomic E-state index is -0.110. The zero-order valence-electron chi connectivity index (χ0n) is 26.8. The number of carbonyl (C=O) groups excluding carboxylic acids is 1. The molecule has 2 heteroatoms. The first kappa shape index (κ1) is 30.2. The van der Waals surface area contributed by atoms with Gasteiger partial charge in [0.1, 0.15) is 6.10 Å². The third-order valence-corrected chi connectivity index (χ3v) is 7.44. The molecule has 1 aliphatic heterocycles. The fourth-order valence-electron chi connectivity index (χ4n) is 5.08. The summed E-state index contributed by atoms with van der Waals surface area (Å²) in [6.45, 7) is 4.19. The van der Waals surface area contributed by atoms with E-state index in [1.165, 1.54) is 122 Å². The number of allylic oxidation sites excluding steroid dienone is 4. The van der Waals surface area contributed by atoms with Crippen LogP contribution in [-0.4, -0.2) is 12.1 Å². The molecule has 1 aliphatic rings. The molecular weight excluding hydrogens is 452 g/mol. The maximum Gasteiger partial charge on any atom is 0.334 e. The van der Waals surface area contributed by atoms with E-state index in [1.54, 1.807) is 0 Å². The van der Waals surface area contributed by atoms with Gasteiger partial charge in [0.2, 0.25) is 0 Å². The molecule has 0 aromatic carbocycles. The van der Waals surface area contributed by atoms with E-state index in [9.17, 15) is 4.79 Å². The fraction of sp³-hybridized carbons (Fsp3) is 0.800. The van der Waals surface area contributed by atoms with Gasteiger partial charge in [0.25, 0.3) is 0 Å².